The Morgan fingerprint density at radius 1 is 0.903 bits per heavy atom. The molecule has 5 nitrogen and oxygen atoms in total. The SMILES string of the molecule is Cc1ccc(C)c(NS(=O)(=O)c2cc(C(=O)NCCc3ccc(Cl)cc3)ccc2C)c1. The number of benzene rings is 3. The van der Waals surface area contributed by atoms with Gasteiger partial charge in [0.1, 0.15) is 0 Å². The number of hydrogen-bond acceptors (Lipinski definition) is 3. The molecule has 0 aliphatic carbocycles. The Labute approximate surface area is 188 Å². The van der Waals surface area contributed by atoms with E-state index in [0.29, 0.717) is 34.8 Å². The molecule has 0 radical (unpaired) electrons. The average molecular weight is 457 g/mol. The fourth-order valence-electron chi connectivity index (χ4n) is 3.15. The molecular formula is C24H25ClN2O3S. The van der Waals surface area contributed by atoms with Gasteiger partial charge in [0.15, 0.2) is 0 Å². The van der Waals surface area contributed by atoms with Gasteiger partial charge in [-0.05, 0) is 79.8 Å². The van der Waals surface area contributed by atoms with Gasteiger partial charge in [-0.25, -0.2) is 8.42 Å². The van der Waals surface area contributed by atoms with Crippen LogP contribution >= 0.6 is 11.6 Å². The van der Waals surface area contributed by atoms with Crippen molar-refractivity contribution in [3.8, 4) is 0 Å². The van der Waals surface area contributed by atoms with E-state index in [1.54, 1.807) is 37.3 Å². The Kier molecular flexibility index (Phi) is 7.03. The van der Waals surface area contributed by atoms with E-state index >= 15 is 0 Å². The summed E-state index contributed by atoms with van der Waals surface area (Å²) in [6.45, 7) is 5.88. The third kappa shape index (κ3) is 5.87. The average Bonchev–Trinajstić information content (AvgIpc) is 2.72. The third-order valence-electron chi connectivity index (χ3n) is 4.99. The molecule has 0 heterocycles. The lowest BCUT2D eigenvalue weighted by atomic mass is 10.1. The number of aryl methyl sites for hydroxylation is 3. The normalized spacial score (nSPS) is 11.2. The predicted molar refractivity (Wildman–Crippen MR) is 125 cm³/mol. The maximum Gasteiger partial charge on any atom is 0.262 e. The minimum atomic E-state index is -3.85. The van der Waals surface area contributed by atoms with Crippen LogP contribution in [0.4, 0.5) is 5.69 Å². The Morgan fingerprint density at radius 2 is 1.58 bits per heavy atom. The number of sulfonamides is 1. The highest BCUT2D eigenvalue weighted by molar-refractivity contribution is 7.92. The van der Waals surface area contributed by atoms with Crippen molar-refractivity contribution in [1.82, 2.24) is 5.32 Å². The number of carbonyl (C=O) groups excluding carboxylic acids is 1. The van der Waals surface area contributed by atoms with Crippen LogP contribution in [0.25, 0.3) is 0 Å². The molecule has 2 N–H and O–H groups in total. The van der Waals surface area contributed by atoms with Crippen LogP contribution < -0.4 is 10.0 Å². The first-order valence-electron chi connectivity index (χ1n) is 9.89. The number of hydrogen-bond donors (Lipinski definition) is 2. The van der Waals surface area contributed by atoms with Crippen LogP contribution in [-0.2, 0) is 16.4 Å². The summed E-state index contributed by atoms with van der Waals surface area (Å²) in [5, 5.41) is 3.50. The van der Waals surface area contributed by atoms with Crippen LogP contribution in [0.15, 0.2) is 65.6 Å². The molecule has 0 aromatic heterocycles. The van der Waals surface area contributed by atoms with E-state index in [0.717, 1.165) is 16.7 Å². The van der Waals surface area contributed by atoms with E-state index in [4.69, 9.17) is 11.6 Å². The fourth-order valence-corrected chi connectivity index (χ4v) is 4.67. The number of nitrogens with one attached hydrogen (secondary N) is 2. The topological polar surface area (TPSA) is 75.3 Å². The van der Waals surface area contributed by atoms with Gasteiger partial charge in [-0.15, -0.1) is 0 Å². The lowest BCUT2D eigenvalue weighted by Gasteiger charge is -2.14. The van der Waals surface area contributed by atoms with Gasteiger partial charge in [0.2, 0.25) is 0 Å². The molecule has 0 aliphatic heterocycles. The molecule has 0 saturated heterocycles. The molecule has 31 heavy (non-hydrogen) atoms. The highest BCUT2D eigenvalue weighted by Crippen LogP contribution is 2.24. The number of halogens is 1. The lowest BCUT2D eigenvalue weighted by molar-refractivity contribution is 0.0954. The van der Waals surface area contributed by atoms with Crippen molar-refractivity contribution in [2.75, 3.05) is 11.3 Å². The monoisotopic (exact) mass is 456 g/mol. The highest BCUT2D eigenvalue weighted by Gasteiger charge is 2.20. The summed E-state index contributed by atoms with van der Waals surface area (Å²) in [4.78, 5) is 12.7. The summed E-state index contributed by atoms with van der Waals surface area (Å²) >= 11 is 5.88. The summed E-state index contributed by atoms with van der Waals surface area (Å²) in [6.07, 6.45) is 0.647. The van der Waals surface area contributed by atoms with E-state index in [1.807, 2.05) is 38.1 Å². The van der Waals surface area contributed by atoms with Gasteiger partial charge < -0.3 is 5.32 Å². The molecular weight excluding hydrogens is 432 g/mol. The number of carbonyl (C=O) groups is 1. The number of amides is 1. The molecule has 0 spiro atoms. The molecule has 0 bridgehead atoms. The van der Waals surface area contributed by atoms with E-state index < -0.39 is 10.0 Å². The quantitative estimate of drug-likeness (QED) is 0.523. The summed E-state index contributed by atoms with van der Waals surface area (Å²) in [6, 6.07) is 17.7. The minimum absolute atomic E-state index is 0.0822. The number of rotatable bonds is 7. The van der Waals surface area contributed by atoms with Crippen molar-refractivity contribution in [3.05, 3.63) is 93.5 Å². The van der Waals surface area contributed by atoms with Crippen molar-refractivity contribution >= 4 is 33.2 Å². The second kappa shape index (κ2) is 9.54. The highest BCUT2D eigenvalue weighted by atomic mass is 35.5. The molecule has 3 aromatic rings. The zero-order valence-corrected chi connectivity index (χ0v) is 19.3. The second-order valence-electron chi connectivity index (χ2n) is 7.54. The van der Waals surface area contributed by atoms with Crippen molar-refractivity contribution in [3.63, 3.8) is 0 Å². The van der Waals surface area contributed by atoms with Crippen molar-refractivity contribution in [2.24, 2.45) is 0 Å². The van der Waals surface area contributed by atoms with E-state index in [2.05, 4.69) is 10.0 Å². The molecule has 1 amide bonds. The Morgan fingerprint density at radius 3 is 2.29 bits per heavy atom. The first kappa shape index (κ1) is 22.8. The molecule has 3 aromatic carbocycles. The molecule has 7 heteroatoms. The van der Waals surface area contributed by atoms with Crippen LogP contribution in [0.1, 0.15) is 32.6 Å². The molecule has 0 aliphatic rings. The molecule has 0 fully saturated rings. The minimum Gasteiger partial charge on any atom is -0.352 e. The van der Waals surface area contributed by atoms with Crippen LogP contribution in [0.2, 0.25) is 5.02 Å². The lowest BCUT2D eigenvalue weighted by Crippen LogP contribution is -2.26. The summed E-state index contributed by atoms with van der Waals surface area (Å²) < 4.78 is 28.7. The van der Waals surface area contributed by atoms with Crippen LogP contribution in [0.3, 0.4) is 0 Å². The standard InChI is InChI=1S/C24H25ClN2O3S/c1-16-4-5-17(2)22(14-16)27-31(29,30)23-15-20(9-6-18(23)3)24(28)26-13-12-19-7-10-21(25)11-8-19/h4-11,14-15,27H,12-13H2,1-3H3,(H,26,28). The van der Waals surface area contributed by atoms with Gasteiger partial charge in [-0.2, -0.15) is 0 Å². The third-order valence-corrected chi connectivity index (χ3v) is 6.75. The van der Waals surface area contributed by atoms with Crippen LogP contribution in [0.5, 0.6) is 0 Å². The van der Waals surface area contributed by atoms with Crippen molar-refractivity contribution in [2.45, 2.75) is 32.1 Å². The maximum atomic E-state index is 13.0. The van der Waals surface area contributed by atoms with Crippen LogP contribution in [0, 0.1) is 20.8 Å². The molecule has 0 saturated carbocycles. The number of anilines is 1. The Hall–Kier alpha value is -2.83. The first-order valence-corrected chi connectivity index (χ1v) is 11.8. The largest absolute Gasteiger partial charge is 0.352 e. The van der Waals surface area contributed by atoms with Crippen molar-refractivity contribution in [1.29, 1.82) is 0 Å². The van der Waals surface area contributed by atoms with Crippen LogP contribution in [-0.4, -0.2) is 20.9 Å². The zero-order chi connectivity index (χ0) is 22.6. The molecule has 0 unspecified atom stereocenters. The molecule has 0 atom stereocenters. The van der Waals surface area contributed by atoms with Gasteiger partial charge in [-0.3, -0.25) is 9.52 Å². The molecule has 162 valence electrons. The first-order chi connectivity index (χ1) is 14.7. The predicted octanol–water partition coefficient (Wildman–Crippen LogP) is 5.04. The van der Waals surface area contributed by atoms with E-state index in [1.165, 1.54) is 6.07 Å². The summed E-state index contributed by atoms with van der Waals surface area (Å²) in [5.74, 6) is -0.322. The van der Waals surface area contributed by atoms with Gasteiger partial charge in [0.25, 0.3) is 15.9 Å². The zero-order valence-electron chi connectivity index (χ0n) is 17.7. The molecule has 3 rings (SSSR count). The van der Waals surface area contributed by atoms with Gasteiger partial charge in [0, 0.05) is 17.1 Å². The summed E-state index contributed by atoms with van der Waals surface area (Å²) in [7, 11) is -3.85. The second-order valence-corrected chi connectivity index (χ2v) is 9.62. The smallest absolute Gasteiger partial charge is 0.262 e. The Bertz CT molecular complexity index is 1210. The van der Waals surface area contributed by atoms with Gasteiger partial charge >= 0.3 is 0 Å². The van der Waals surface area contributed by atoms with Gasteiger partial charge in [-0.1, -0.05) is 41.9 Å². The Balaban J connectivity index is 1.74. The van der Waals surface area contributed by atoms with Crippen molar-refractivity contribution < 1.29 is 13.2 Å². The summed E-state index contributed by atoms with van der Waals surface area (Å²) in [5.41, 5.74) is 4.21. The van der Waals surface area contributed by atoms with E-state index in [9.17, 15) is 13.2 Å². The van der Waals surface area contributed by atoms with E-state index in [-0.39, 0.29) is 10.8 Å². The fraction of sp³-hybridized carbons (Fsp3) is 0.208. The van der Waals surface area contributed by atoms with Gasteiger partial charge in [0.05, 0.1) is 10.6 Å². The maximum absolute atomic E-state index is 13.0.